The van der Waals surface area contributed by atoms with Crippen LogP contribution in [0, 0.1) is 0 Å². The van der Waals surface area contributed by atoms with Gasteiger partial charge in [-0.2, -0.15) is 0 Å². The number of likely N-dealkylation sites (N-methyl/N-ethyl adjacent to an activating group) is 1. The van der Waals surface area contributed by atoms with Crippen molar-refractivity contribution >= 4 is 5.97 Å². The Balaban J connectivity index is 2.57. The molecule has 0 amide bonds. The number of nitrogens with zero attached hydrogens (tertiary/aromatic N) is 1. The monoisotopic (exact) mass is 155 g/mol. The summed E-state index contributed by atoms with van der Waals surface area (Å²) in [5.74, 6) is -0.142. The maximum Gasteiger partial charge on any atom is 0.328 e. The summed E-state index contributed by atoms with van der Waals surface area (Å²) in [4.78, 5) is 13.0. The first-order chi connectivity index (χ1) is 5.25. The molecule has 1 atom stereocenters. The van der Waals surface area contributed by atoms with Crippen LogP contribution in [0.4, 0.5) is 0 Å². The summed E-state index contributed by atoms with van der Waals surface area (Å²) in [7, 11) is 3.31. The lowest BCUT2D eigenvalue weighted by Crippen LogP contribution is -2.37. The van der Waals surface area contributed by atoms with E-state index in [2.05, 4.69) is 10.8 Å². The summed E-state index contributed by atoms with van der Waals surface area (Å²) in [5.41, 5.74) is 0. The first-order valence-electron chi connectivity index (χ1n) is 3.72. The van der Waals surface area contributed by atoms with Gasteiger partial charge in [-0.05, 0) is 19.0 Å². The van der Waals surface area contributed by atoms with E-state index in [4.69, 9.17) is 0 Å². The van der Waals surface area contributed by atoms with Gasteiger partial charge >= 0.3 is 5.97 Å². The molecule has 62 valence electrons. The average Bonchev–Trinajstić information content (AvgIpc) is 2.04. The van der Waals surface area contributed by atoms with E-state index in [1.165, 1.54) is 7.11 Å². The zero-order valence-corrected chi connectivity index (χ0v) is 6.91. The molecule has 0 N–H and O–H groups in total. The SMILES string of the molecule is COC(=O)[C@@H]1CCC=CN1C. The van der Waals surface area contributed by atoms with E-state index in [9.17, 15) is 4.79 Å². The Morgan fingerprint density at radius 3 is 3.00 bits per heavy atom. The molecule has 0 spiro atoms. The number of methoxy groups -OCH3 is 1. The number of allylic oxidation sites excluding steroid dienone is 1. The van der Waals surface area contributed by atoms with Gasteiger partial charge in [-0.15, -0.1) is 0 Å². The van der Waals surface area contributed by atoms with Gasteiger partial charge in [0.2, 0.25) is 0 Å². The molecule has 0 aromatic heterocycles. The predicted octanol–water partition coefficient (Wildman–Crippen LogP) is 0.767. The van der Waals surface area contributed by atoms with Crippen LogP contribution >= 0.6 is 0 Å². The zero-order chi connectivity index (χ0) is 8.27. The molecule has 1 heterocycles. The normalized spacial score (nSPS) is 23.5. The number of carbonyl (C=O) groups is 1. The van der Waals surface area contributed by atoms with Gasteiger partial charge in [-0.3, -0.25) is 0 Å². The van der Waals surface area contributed by atoms with E-state index >= 15 is 0 Å². The smallest absolute Gasteiger partial charge is 0.328 e. The Morgan fingerprint density at radius 2 is 2.45 bits per heavy atom. The summed E-state index contributed by atoms with van der Waals surface area (Å²) < 4.78 is 4.65. The van der Waals surface area contributed by atoms with Crippen LogP contribution in [0.15, 0.2) is 12.3 Å². The molecule has 0 unspecified atom stereocenters. The lowest BCUT2D eigenvalue weighted by Gasteiger charge is -2.26. The summed E-state index contributed by atoms with van der Waals surface area (Å²) in [6, 6.07) is -0.0787. The predicted molar refractivity (Wildman–Crippen MR) is 41.9 cm³/mol. The molecule has 0 aromatic carbocycles. The highest BCUT2D eigenvalue weighted by molar-refractivity contribution is 5.75. The van der Waals surface area contributed by atoms with Gasteiger partial charge in [0.1, 0.15) is 6.04 Å². The zero-order valence-electron chi connectivity index (χ0n) is 6.91. The van der Waals surface area contributed by atoms with Crippen LogP contribution in [0.3, 0.4) is 0 Å². The van der Waals surface area contributed by atoms with Gasteiger partial charge in [-0.25, -0.2) is 4.79 Å². The third-order valence-corrected chi connectivity index (χ3v) is 1.91. The molecule has 3 nitrogen and oxygen atoms in total. The molecule has 11 heavy (non-hydrogen) atoms. The van der Waals surface area contributed by atoms with Crippen molar-refractivity contribution in [1.29, 1.82) is 0 Å². The van der Waals surface area contributed by atoms with E-state index in [-0.39, 0.29) is 12.0 Å². The van der Waals surface area contributed by atoms with Crippen LogP contribution in [0.5, 0.6) is 0 Å². The van der Waals surface area contributed by atoms with Crippen LogP contribution in [-0.4, -0.2) is 31.1 Å². The minimum Gasteiger partial charge on any atom is -0.467 e. The van der Waals surface area contributed by atoms with Gasteiger partial charge in [0.15, 0.2) is 0 Å². The largest absolute Gasteiger partial charge is 0.467 e. The van der Waals surface area contributed by atoms with Crippen LogP contribution in [0.1, 0.15) is 12.8 Å². The van der Waals surface area contributed by atoms with Crippen molar-refractivity contribution < 1.29 is 9.53 Å². The van der Waals surface area contributed by atoms with Crippen LogP contribution in [0.2, 0.25) is 0 Å². The van der Waals surface area contributed by atoms with Crippen molar-refractivity contribution in [3.63, 3.8) is 0 Å². The minimum atomic E-state index is -0.142. The summed E-state index contributed by atoms with van der Waals surface area (Å²) in [6.07, 6.45) is 5.80. The Morgan fingerprint density at radius 1 is 1.73 bits per heavy atom. The van der Waals surface area contributed by atoms with Gasteiger partial charge in [0.05, 0.1) is 7.11 Å². The minimum absolute atomic E-state index is 0.0787. The van der Waals surface area contributed by atoms with Crippen molar-refractivity contribution in [1.82, 2.24) is 4.90 Å². The molecule has 0 saturated heterocycles. The van der Waals surface area contributed by atoms with Crippen LogP contribution in [0.25, 0.3) is 0 Å². The fourth-order valence-electron chi connectivity index (χ4n) is 1.22. The van der Waals surface area contributed by atoms with Crippen molar-refractivity contribution in [2.75, 3.05) is 14.2 Å². The topological polar surface area (TPSA) is 29.5 Å². The third kappa shape index (κ3) is 1.73. The second kappa shape index (κ2) is 3.42. The highest BCUT2D eigenvalue weighted by Crippen LogP contribution is 2.13. The molecule has 0 bridgehead atoms. The highest BCUT2D eigenvalue weighted by atomic mass is 16.5. The molecular formula is C8H13NO2. The first kappa shape index (κ1) is 8.11. The number of hydrogen-bond acceptors (Lipinski definition) is 3. The average molecular weight is 155 g/mol. The molecule has 0 saturated carbocycles. The molecule has 1 aliphatic rings. The molecular weight excluding hydrogens is 142 g/mol. The maximum absolute atomic E-state index is 11.1. The van der Waals surface area contributed by atoms with Gasteiger partial charge in [0.25, 0.3) is 0 Å². The second-order valence-electron chi connectivity index (χ2n) is 2.67. The third-order valence-electron chi connectivity index (χ3n) is 1.91. The van der Waals surface area contributed by atoms with Gasteiger partial charge in [-0.1, -0.05) is 6.08 Å². The molecule has 0 fully saturated rings. The van der Waals surface area contributed by atoms with Crippen molar-refractivity contribution in [3.05, 3.63) is 12.3 Å². The Kier molecular flexibility index (Phi) is 2.52. The summed E-state index contributed by atoms with van der Waals surface area (Å²) in [6.45, 7) is 0. The first-order valence-corrected chi connectivity index (χ1v) is 3.72. The standard InChI is InChI=1S/C8H13NO2/c1-9-6-4-3-5-7(9)8(10)11-2/h4,6-7H,3,5H2,1-2H3/t7-/m0/s1. The van der Waals surface area contributed by atoms with E-state index in [1.807, 2.05) is 18.1 Å². The van der Waals surface area contributed by atoms with E-state index in [0.717, 1.165) is 12.8 Å². The summed E-state index contributed by atoms with van der Waals surface area (Å²) >= 11 is 0. The van der Waals surface area contributed by atoms with Crippen molar-refractivity contribution in [2.24, 2.45) is 0 Å². The number of hydrogen-bond donors (Lipinski definition) is 0. The van der Waals surface area contributed by atoms with Gasteiger partial charge < -0.3 is 9.64 Å². The van der Waals surface area contributed by atoms with Crippen molar-refractivity contribution in [3.8, 4) is 0 Å². The highest BCUT2D eigenvalue weighted by Gasteiger charge is 2.22. The number of carbonyl (C=O) groups excluding carboxylic acids is 1. The molecule has 1 rings (SSSR count). The number of esters is 1. The van der Waals surface area contributed by atoms with Crippen LogP contribution < -0.4 is 0 Å². The number of rotatable bonds is 1. The Bertz CT molecular complexity index is 177. The Hall–Kier alpha value is -0.990. The summed E-state index contributed by atoms with van der Waals surface area (Å²) in [5, 5.41) is 0. The number of ether oxygens (including phenoxy) is 1. The quantitative estimate of drug-likeness (QED) is 0.524. The second-order valence-corrected chi connectivity index (χ2v) is 2.67. The lowest BCUT2D eigenvalue weighted by molar-refractivity contribution is -0.145. The fourth-order valence-corrected chi connectivity index (χ4v) is 1.22. The molecule has 0 aromatic rings. The fraction of sp³-hybridized carbons (Fsp3) is 0.625. The van der Waals surface area contributed by atoms with E-state index < -0.39 is 0 Å². The van der Waals surface area contributed by atoms with E-state index in [0.29, 0.717) is 0 Å². The molecule has 0 aliphatic carbocycles. The lowest BCUT2D eigenvalue weighted by atomic mass is 10.1. The Labute approximate surface area is 66.6 Å². The van der Waals surface area contributed by atoms with Crippen molar-refractivity contribution in [2.45, 2.75) is 18.9 Å². The molecule has 1 aliphatic heterocycles. The molecule has 0 radical (unpaired) electrons. The van der Waals surface area contributed by atoms with E-state index in [1.54, 1.807) is 0 Å². The molecule has 3 heteroatoms. The van der Waals surface area contributed by atoms with Gasteiger partial charge in [0, 0.05) is 7.05 Å². The van der Waals surface area contributed by atoms with Crippen LogP contribution in [-0.2, 0) is 9.53 Å². The maximum atomic E-state index is 11.1.